The summed E-state index contributed by atoms with van der Waals surface area (Å²) in [4.78, 5) is 27.4. The number of amides is 1. The number of carbonyl (C=O) groups is 2. The van der Waals surface area contributed by atoms with Gasteiger partial charge in [-0.3, -0.25) is 4.79 Å². The molecular weight excluding hydrogens is 541 g/mol. The first-order valence-electron chi connectivity index (χ1n) is 13.5. The van der Waals surface area contributed by atoms with E-state index in [1.54, 1.807) is 37.3 Å². The molecule has 11 heteroatoms. The van der Waals surface area contributed by atoms with Crippen LogP contribution >= 0.6 is 11.3 Å². The van der Waals surface area contributed by atoms with Gasteiger partial charge < -0.3 is 15.4 Å². The van der Waals surface area contributed by atoms with Crippen LogP contribution in [0.3, 0.4) is 0 Å². The van der Waals surface area contributed by atoms with Crippen LogP contribution in [0.1, 0.15) is 89.5 Å². The number of nitrogens with one attached hydrogen (secondary N) is 2. The van der Waals surface area contributed by atoms with E-state index < -0.39 is 30.1 Å². The summed E-state index contributed by atoms with van der Waals surface area (Å²) in [6, 6.07) is 7.73. The molecule has 0 saturated heterocycles. The maximum Gasteiger partial charge on any atom is 0.410 e. The maximum absolute atomic E-state index is 14.1. The zero-order chi connectivity index (χ0) is 28.8. The average Bonchev–Trinajstić information content (AvgIpc) is 3.48. The van der Waals surface area contributed by atoms with Gasteiger partial charge in [0.1, 0.15) is 10.8 Å². The number of aromatic nitrogens is 2. The molecule has 2 N–H and O–H groups in total. The van der Waals surface area contributed by atoms with Crippen molar-refractivity contribution < 1.29 is 27.5 Å². The van der Waals surface area contributed by atoms with Gasteiger partial charge in [-0.05, 0) is 48.6 Å². The van der Waals surface area contributed by atoms with Crippen molar-refractivity contribution in [3.63, 3.8) is 0 Å². The molecule has 214 valence electrons. The van der Waals surface area contributed by atoms with E-state index in [1.165, 1.54) is 17.4 Å². The lowest BCUT2D eigenvalue weighted by atomic mass is 9.72. The summed E-state index contributed by atoms with van der Waals surface area (Å²) >= 11 is 1.33. The minimum atomic E-state index is -4.56. The molecule has 1 amide bonds. The van der Waals surface area contributed by atoms with E-state index in [4.69, 9.17) is 4.74 Å². The van der Waals surface area contributed by atoms with Gasteiger partial charge >= 0.3 is 12.1 Å². The minimum Gasteiger partial charge on any atom is -0.462 e. The number of ether oxygens (including phenoxy) is 1. The summed E-state index contributed by atoms with van der Waals surface area (Å²) in [5, 5.41) is 10.3. The molecule has 0 fully saturated rings. The molecule has 1 aliphatic heterocycles. The molecule has 2 aliphatic rings. The molecule has 0 saturated carbocycles. The third-order valence-electron chi connectivity index (χ3n) is 7.82. The van der Waals surface area contributed by atoms with Crippen molar-refractivity contribution in [2.24, 2.45) is 11.3 Å². The van der Waals surface area contributed by atoms with Crippen LogP contribution in [0.2, 0.25) is 0 Å². The summed E-state index contributed by atoms with van der Waals surface area (Å²) < 4.78 is 48.4. The number of fused-ring (bicyclic) bond motifs is 2. The summed E-state index contributed by atoms with van der Waals surface area (Å²) in [5.74, 6) is -0.674. The van der Waals surface area contributed by atoms with Gasteiger partial charge in [0.05, 0.1) is 18.2 Å². The summed E-state index contributed by atoms with van der Waals surface area (Å²) in [6.07, 6.45) is -2.44. The molecule has 1 aliphatic carbocycles. The van der Waals surface area contributed by atoms with Crippen LogP contribution in [0, 0.1) is 11.3 Å². The van der Waals surface area contributed by atoms with Gasteiger partial charge in [-0.2, -0.15) is 18.3 Å². The van der Waals surface area contributed by atoms with Gasteiger partial charge in [-0.1, -0.05) is 51.1 Å². The molecular formula is C29H33F3N4O3S. The molecule has 0 bridgehead atoms. The first-order chi connectivity index (χ1) is 18.9. The van der Waals surface area contributed by atoms with Gasteiger partial charge in [-0.15, -0.1) is 11.3 Å². The number of benzene rings is 1. The van der Waals surface area contributed by atoms with E-state index in [2.05, 4.69) is 36.5 Å². The van der Waals surface area contributed by atoms with E-state index in [-0.39, 0.29) is 30.0 Å². The Bertz CT molecular complexity index is 1410. The first kappa shape index (κ1) is 28.2. The number of rotatable bonds is 5. The van der Waals surface area contributed by atoms with Crippen LogP contribution in [0.4, 0.5) is 24.0 Å². The molecule has 2 aromatic heterocycles. The first-order valence-corrected chi connectivity index (χ1v) is 14.3. The fraction of sp³-hybridized carbons (Fsp3) is 0.483. The third-order valence-corrected chi connectivity index (χ3v) is 8.99. The molecule has 40 heavy (non-hydrogen) atoms. The molecule has 0 radical (unpaired) electrons. The van der Waals surface area contributed by atoms with Crippen LogP contribution in [0.25, 0.3) is 0 Å². The number of anilines is 2. The lowest BCUT2D eigenvalue weighted by Gasteiger charge is -2.33. The number of hydrogen-bond donors (Lipinski definition) is 2. The molecule has 3 aromatic rings. The van der Waals surface area contributed by atoms with Crippen LogP contribution in [-0.2, 0) is 17.6 Å². The van der Waals surface area contributed by atoms with Crippen LogP contribution < -0.4 is 10.6 Å². The van der Waals surface area contributed by atoms with E-state index in [1.807, 2.05) is 0 Å². The fourth-order valence-corrected chi connectivity index (χ4v) is 6.90. The topological polar surface area (TPSA) is 85.2 Å². The second-order valence-electron chi connectivity index (χ2n) is 11.4. The second-order valence-corrected chi connectivity index (χ2v) is 12.6. The van der Waals surface area contributed by atoms with Crippen molar-refractivity contribution in [1.29, 1.82) is 0 Å². The smallest absolute Gasteiger partial charge is 0.410 e. The number of alkyl halides is 3. The van der Waals surface area contributed by atoms with Crippen molar-refractivity contribution in [2.75, 3.05) is 17.2 Å². The van der Waals surface area contributed by atoms with Crippen LogP contribution in [0.15, 0.2) is 36.4 Å². The van der Waals surface area contributed by atoms with Crippen molar-refractivity contribution in [2.45, 2.75) is 71.6 Å². The van der Waals surface area contributed by atoms with Gasteiger partial charge in [0.15, 0.2) is 11.7 Å². The van der Waals surface area contributed by atoms with Gasteiger partial charge in [-0.25, -0.2) is 9.48 Å². The Morgan fingerprint density at radius 1 is 1.20 bits per heavy atom. The summed E-state index contributed by atoms with van der Waals surface area (Å²) in [6.45, 7) is 8.47. The Labute approximate surface area is 235 Å². The van der Waals surface area contributed by atoms with Crippen LogP contribution in [0.5, 0.6) is 0 Å². The molecule has 7 nitrogen and oxygen atoms in total. The van der Waals surface area contributed by atoms with Crippen molar-refractivity contribution in [1.82, 2.24) is 9.78 Å². The normalized spacial score (nSPS) is 20.7. The molecule has 1 aromatic carbocycles. The average molecular weight is 575 g/mol. The van der Waals surface area contributed by atoms with Crippen molar-refractivity contribution >= 4 is 34.0 Å². The zero-order valence-corrected chi connectivity index (χ0v) is 23.7. The van der Waals surface area contributed by atoms with Crippen molar-refractivity contribution in [3.05, 3.63) is 63.7 Å². The number of esters is 1. The number of halogens is 3. The number of nitrogens with zero attached hydrogens (tertiary/aromatic N) is 2. The highest BCUT2D eigenvalue weighted by Crippen LogP contribution is 2.46. The number of hydrogen-bond acceptors (Lipinski definition) is 6. The predicted molar refractivity (Wildman–Crippen MR) is 148 cm³/mol. The standard InChI is InChI=1S/C29H33F3N4O3S/c1-5-39-27(38)24-18-12-11-17(28(2,3)4)13-21(18)40-26(24)34-25(37)20-15-23-33-19(16-9-7-6-8-10-16)14-22(29(30,31)32)36(23)35-20/h6-10,15,17,19,22,33H,5,11-14H2,1-4H3,(H,34,37)/t17-,19-,22-/m0/s1. The fourth-order valence-electron chi connectivity index (χ4n) is 5.59. The molecule has 3 atom stereocenters. The lowest BCUT2D eigenvalue weighted by molar-refractivity contribution is -0.173. The zero-order valence-electron chi connectivity index (χ0n) is 22.9. The Morgan fingerprint density at radius 3 is 2.58 bits per heavy atom. The summed E-state index contributed by atoms with van der Waals surface area (Å²) in [5.41, 5.74) is 1.85. The lowest BCUT2D eigenvalue weighted by Crippen LogP contribution is -2.35. The minimum absolute atomic E-state index is 0.0876. The molecule has 0 unspecified atom stereocenters. The SMILES string of the molecule is CCOC(=O)c1c(NC(=O)c2cc3n(n2)[C@H](C(F)(F)F)C[C@@H](c2ccccc2)N3)sc2c1CC[C@H](C(C)(C)C)C2. The van der Waals surface area contributed by atoms with E-state index >= 15 is 0 Å². The monoisotopic (exact) mass is 574 g/mol. The van der Waals surface area contributed by atoms with Crippen molar-refractivity contribution in [3.8, 4) is 0 Å². The second kappa shape index (κ2) is 10.6. The Balaban J connectivity index is 1.45. The highest BCUT2D eigenvalue weighted by molar-refractivity contribution is 7.17. The summed E-state index contributed by atoms with van der Waals surface area (Å²) in [7, 11) is 0. The molecule has 3 heterocycles. The van der Waals surface area contributed by atoms with E-state index in [9.17, 15) is 22.8 Å². The molecule has 5 rings (SSSR count). The van der Waals surface area contributed by atoms with E-state index in [0.717, 1.165) is 28.0 Å². The Kier molecular flexibility index (Phi) is 7.45. The quantitative estimate of drug-likeness (QED) is 0.315. The number of carbonyl (C=O) groups excluding carboxylic acids is 2. The highest BCUT2D eigenvalue weighted by Gasteiger charge is 2.47. The number of thiophene rings is 1. The van der Waals surface area contributed by atoms with Gasteiger partial charge in [0, 0.05) is 17.4 Å². The predicted octanol–water partition coefficient (Wildman–Crippen LogP) is 7.18. The Morgan fingerprint density at radius 2 is 1.93 bits per heavy atom. The van der Waals surface area contributed by atoms with Gasteiger partial charge in [0.25, 0.3) is 5.91 Å². The highest BCUT2D eigenvalue weighted by atomic mass is 32.1. The van der Waals surface area contributed by atoms with E-state index in [0.29, 0.717) is 28.5 Å². The van der Waals surface area contributed by atoms with Crippen LogP contribution in [-0.4, -0.2) is 34.4 Å². The van der Waals surface area contributed by atoms with Gasteiger partial charge in [0.2, 0.25) is 0 Å². The molecule has 0 spiro atoms. The third kappa shape index (κ3) is 5.48. The Hall–Kier alpha value is -3.34. The maximum atomic E-state index is 14.1. The largest absolute Gasteiger partial charge is 0.462 e.